The molecule has 0 unspecified atom stereocenters. The summed E-state index contributed by atoms with van der Waals surface area (Å²) in [7, 11) is 1.88. The van der Waals surface area contributed by atoms with Crippen molar-refractivity contribution in [2.45, 2.75) is 44.9 Å². The van der Waals surface area contributed by atoms with Crippen molar-refractivity contribution >= 4 is 40.2 Å². The Bertz CT molecular complexity index is 1480. The van der Waals surface area contributed by atoms with Crippen LogP contribution in [0.15, 0.2) is 42.9 Å². The maximum atomic E-state index is 13.1. The molecule has 1 fully saturated rings. The lowest BCUT2D eigenvalue weighted by Crippen LogP contribution is -2.42. The minimum Gasteiger partial charge on any atom is -0.383 e. The van der Waals surface area contributed by atoms with Crippen molar-refractivity contribution in [3.05, 3.63) is 53.6 Å². The summed E-state index contributed by atoms with van der Waals surface area (Å²) in [5.74, 6) is -0.278. The number of carbonyl (C=O) groups excluding carboxylic acids is 1. The van der Waals surface area contributed by atoms with Gasteiger partial charge in [0.15, 0.2) is 0 Å². The van der Waals surface area contributed by atoms with Crippen molar-refractivity contribution in [1.82, 2.24) is 19.5 Å². The molecule has 3 heterocycles. The normalized spacial score (nSPS) is 21.8. The van der Waals surface area contributed by atoms with E-state index in [0.717, 1.165) is 39.9 Å². The molecule has 4 aromatic rings. The van der Waals surface area contributed by atoms with Crippen molar-refractivity contribution in [3.8, 4) is 10.4 Å². The number of thiazole rings is 1. The van der Waals surface area contributed by atoms with Crippen LogP contribution in [-0.4, -0.2) is 30.9 Å². The van der Waals surface area contributed by atoms with Gasteiger partial charge in [0, 0.05) is 48.2 Å². The second-order valence-electron chi connectivity index (χ2n) is 10.3. The number of rotatable bonds is 5. The van der Waals surface area contributed by atoms with Crippen molar-refractivity contribution in [3.63, 3.8) is 0 Å². The third kappa shape index (κ3) is 4.73. The van der Waals surface area contributed by atoms with Crippen LogP contribution >= 0.6 is 11.3 Å². The standard InChI is InChI=1S/C26H26F3N5O2S/c1-24(2)14-25(36,7-4-15(24)13-35)22-31-12-20(37-22)18-10-16(11-19-17(18)6-9-34(19)3)32-23-30-8-5-21(33-23)26(27,28)29/h5-6,8-13,15,36H,4,7,14H2,1-3H3,(H,30,32,33)/t15-,25-/m1/s1. The van der Waals surface area contributed by atoms with Gasteiger partial charge in [-0.2, -0.15) is 13.2 Å². The predicted octanol–water partition coefficient (Wildman–Crippen LogP) is 6.07. The van der Waals surface area contributed by atoms with Crippen LogP contribution in [0.3, 0.4) is 0 Å². The Balaban J connectivity index is 1.52. The number of carbonyl (C=O) groups is 1. The fourth-order valence-corrected chi connectivity index (χ4v) is 6.22. The van der Waals surface area contributed by atoms with Crippen molar-refractivity contribution in [1.29, 1.82) is 0 Å². The monoisotopic (exact) mass is 529 g/mol. The van der Waals surface area contributed by atoms with Gasteiger partial charge in [-0.3, -0.25) is 0 Å². The summed E-state index contributed by atoms with van der Waals surface area (Å²) in [4.78, 5) is 24.4. The molecule has 0 aliphatic heterocycles. The number of alkyl halides is 3. The van der Waals surface area contributed by atoms with Crippen LogP contribution in [0.25, 0.3) is 21.3 Å². The molecule has 0 saturated heterocycles. The number of nitrogens with zero attached hydrogens (tertiary/aromatic N) is 4. The van der Waals surface area contributed by atoms with Crippen LogP contribution in [0, 0.1) is 11.3 Å². The van der Waals surface area contributed by atoms with E-state index in [1.807, 2.05) is 49.9 Å². The highest BCUT2D eigenvalue weighted by atomic mass is 32.1. The van der Waals surface area contributed by atoms with Gasteiger partial charge in [0.2, 0.25) is 5.95 Å². The first-order chi connectivity index (χ1) is 17.4. The number of aromatic nitrogens is 4. The number of hydrogen-bond acceptors (Lipinski definition) is 7. The molecular weight excluding hydrogens is 503 g/mol. The summed E-state index contributed by atoms with van der Waals surface area (Å²) < 4.78 is 41.3. The number of fused-ring (bicyclic) bond motifs is 1. The van der Waals surface area contributed by atoms with Crippen molar-refractivity contribution < 1.29 is 23.1 Å². The Morgan fingerprint density at radius 3 is 2.73 bits per heavy atom. The second-order valence-corrected chi connectivity index (χ2v) is 11.3. The Morgan fingerprint density at radius 2 is 2.03 bits per heavy atom. The molecule has 0 amide bonds. The molecule has 0 bridgehead atoms. The molecule has 2 N–H and O–H groups in total. The molecule has 1 aromatic carbocycles. The summed E-state index contributed by atoms with van der Waals surface area (Å²) in [6.45, 7) is 3.98. The van der Waals surface area contributed by atoms with Crippen LogP contribution in [0.4, 0.5) is 24.8 Å². The minimum atomic E-state index is -4.58. The first-order valence-corrected chi connectivity index (χ1v) is 12.6. The molecule has 0 spiro atoms. The van der Waals surface area contributed by atoms with E-state index in [1.165, 1.54) is 11.3 Å². The Morgan fingerprint density at radius 1 is 1.24 bits per heavy atom. The maximum Gasteiger partial charge on any atom is 0.433 e. The van der Waals surface area contributed by atoms with E-state index < -0.39 is 17.5 Å². The third-order valence-corrected chi connectivity index (χ3v) is 8.38. The van der Waals surface area contributed by atoms with Gasteiger partial charge in [-0.25, -0.2) is 15.0 Å². The molecule has 1 aliphatic carbocycles. The Hall–Kier alpha value is -3.31. The summed E-state index contributed by atoms with van der Waals surface area (Å²) >= 11 is 1.38. The molecule has 194 valence electrons. The quantitative estimate of drug-likeness (QED) is 0.305. The highest BCUT2D eigenvalue weighted by Crippen LogP contribution is 2.50. The van der Waals surface area contributed by atoms with Gasteiger partial charge in [0.1, 0.15) is 22.6 Å². The first kappa shape index (κ1) is 25.3. The molecule has 1 aliphatic rings. The molecule has 3 aromatic heterocycles. The zero-order valence-electron chi connectivity index (χ0n) is 20.5. The van der Waals surface area contributed by atoms with Gasteiger partial charge in [-0.05, 0) is 48.9 Å². The van der Waals surface area contributed by atoms with Gasteiger partial charge in [0.05, 0.1) is 10.4 Å². The SMILES string of the molecule is Cn1ccc2c(-c3cnc([C@@]4(O)CC[C@H](C=O)C(C)(C)C4)s3)cc(Nc3nccc(C(F)(F)F)n3)cc21. The fraction of sp³-hybridized carbons (Fsp3) is 0.385. The van der Waals surface area contributed by atoms with Crippen molar-refractivity contribution in [2.75, 3.05) is 5.32 Å². The van der Waals surface area contributed by atoms with E-state index in [9.17, 15) is 23.1 Å². The predicted molar refractivity (Wildman–Crippen MR) is 135 cm³/mol. The molecule has 7 nitrogen and oxygen atoms in total. The summed E-state index contributed by atoms with van der Waals surface area (Å²) in [5.41, 5.74) is -0.331. The highest BCUT2D eigenvalue weighted by molar-refractivity contribution is 7.15. The average molecular weight is 530 g/mol. The maximum absolute atomic E-state index is 13.1. The lowest BCUT2D eigenvalue weighted by molar-refractivity contribution is -0.141. The fourth-order valence-electron chi connectivity index (χ4n) is 5.16. The number of aliphatic hydroxyl groups is 1. The largest absolute Gasteiger partial charge is 0.433 e. The average Bonchev–Trinajstić information content (AvgIpc) is 3.46. The van der Waals surface area contributed by atoms with Crippen LogP contribution < -0.4 is 5.32 Å². The number of aryl methyl sites for hydroxylation is 1. The van der Waals surface area contributed by atoms with Gasteiger partial charge in [0.25, 0.3) is 0 Å². The molecule has 37 heavy (non-hydrogen) atoms. The van der Waals surface area contributed by atoms with E-state index in [1.54, 1.807) is 6.20 Å². The molecule has 0 radical (unpaired) electrons. The smallest absolute Gasteiger partial charge is 0.383 e. The van der Waals surface area contributed by atoms with Gasteiger partial charge in [-0.1, -0.05) is 13.8 Å². The molecular formula is C26H26F3N5O2S. The number of halogens is 3. The molecule has 11 heteroatoms. The summed E-state index contributed by atoms with van der Waals surface area (Å²) in [6, 6.07) is 6.42. The number of nitrogens with one attached hydrogen (secondary N) is 1. The molecule has 1 saturated carbocycles. The summed E-state index contributed by atoms with van der Waals surface area (Å²) in [6.07, 6.45) is 2.53. The van der Waals surface area contributed by atoms with E-state index in [0.29, 0.717) is 30.0 Å². The number of benzene rings is 1. The highest BCUT2D eigenvalue weighted by Gasteiger charge is 2.46. The van der Waals surface area contributed by atoms with E-state index in [-0.39, 0.29) is 17.3 Å². The zero-order chi connectivity index (χ0) is 26.6. The number of anilines is 2. The molecule has 2 atom stereocenters. The van der Waals surface area contributed by atoms with Crippen molar-refractivity contribution in [2.24, 2.45) is 18.4 Å². The first-order valence-electron chi connectivity index (χ1n) is 11.8. The lowest BCUT2D eigenvalue weighted by atomic mass is 9.64. The van der Waals surface area contributed by atoms with Crippen LogP contribution in [0.1, 0.15) is 43.8 Å². The third-order valence-electron chi connectivity index (χ3n) is 7.16. The van der Waals surface area contributed by atoms with Gasteiger partial charge in [-0.15, -0.1) is 11.3 Å². The zero-order valence-corrected chi connectivity index (χ0v) is 21.3. The number of hydrogen-bond donors (Lipinski definition) is 2. The topological polar surface area (TPSA) is 92.9 Å². The second kappa shape index (κ2) is 8.91. The minimum absolute atomic E-state index is 0.114. The molecule has 5 rings (SSSR count). The van der Waals surface area contributed by atoms with E-state index >= 15 is 0 Å². The Kier molecular flexibility index (Phi) is 6.11. The number of aldehydes is 1. The van der Waals surface area contributed by atoms with Crippen LogP contribution in [-0.2, 0) is 23.6 Å². The van der Waals surface area contributed by atoms with E-state index in [4.69, 9.17) is 0 Å². The Labute approximate surface area is 215 Å². The van der Waals surface area contributed by atoms with Crippen LogP contribution in [0.2, 0.25) is 0 Å². The van der Waals surface area contributed by atoms with Gasteiger partial charge < -0.3 is 19.8 Å². The van der Waals surface area contributed by atoms with Gasteiger partial charge >= 0.3 is 6.18 Å². The van der Waals surface area contributed by atoms with Crippen LogP contribution in [0.5, 0.6) is 0 Å². The summed E-state index contributed by atoms with van der Waals surface area (Å²) in [5, 5.41) is 15.9. The lowest BCUT2D eigenvalue weighted by Gasteiger charge is -2.43. The van der Waals surface area contributed by atoms with E-state index in [2.05, 4.69) is 20.3 Å².